The normalized spacial score (nSPS) is 15.1. The lowest BCUT2D eigenvalue weighted by Crippen LogP contribution is -2.62. The van der Waals surface area contributed by atoms with E-state index in [4.69, 9.17) is 0 Å². The zero-order valence-corrected chi connectivity index (χ0v) is 20.7. The van der Waals surface area contributed by atoms with Gasteiger partial charge in [-0.2, -0.15) is 43.9 Å². The number of carbonyl (C=O) groups excluding carboxylic acids is 2. The Labute approximate surface area is 210 Å². The molecule has 224 valence electrons. The lowest BCUT2D eigenvalue weighted by Gasteiger charge is -2.37. The molecule has 0 rings (SSSR count). The van der Waals surface area contributed by atoms with E-state index in [0.717, 1.165) is 0 Å². The van der Waals surface area contributed by atoms with Crippen LogP contribution in [0.25, 0.3) is 0 Å². The number of esters is 1. The monoisotopic (exact) mass is 600 g/mol. The van der Waals surface area contributed by atoms with Gasteiger partial charge in [0.25, 0.3) is 0 Å². The van der Waals surface area contributed by atoms with Gasteiger partial charge in [-0.25, -0.2) is 13.2 Å². The maximum atomic E-state index is 14.1. The van der Waals surface area contributed by atoms with Crippen molar-refractivity contribution in [1.82, 2.24) is 4.90 Å². The predicted octanol–water partition coefficient (Wildman–Crippen LogP) is 4.52. The summed E-state index contributed by atoms with van der Waals surface area (Å²) >= 11 is 0. The van der Waals surface area contributed by atoms with Crippen molar-refractivity contribution in [1.29, 1.82) is 0 Å². The van der Waals surface area contributed by atoms with Gasteiger partial charge in [-0.3, -0.25) is 4.79 Å². The van der Waals surface area contributed by atoms with Crippen molar-refractivity contribution in [2.24, 2.45) is 0 Å². The Hall–Kier alpha value is -2.15. The highest BCUT2D eigenvalue weighted by Crippen LogP contribution is 2.42. The van der Waals surface area contributed by atoms with Crippen molar-refractivity contribution < 1.29 is 75.9 Å². The Balaban J connectivity index is 6.12. The van der Waals surface area contributed by atoms with Gasteiger partial charge >= 0.3 is 41.2 Å². The van der Waals surface area contributed by atoms with Gasteiger partial charge in [0.05, 0.1) is 6.61 Å². The number of nitrogens with zero attached hydrogens (tertiary/aromatic N) is 1. The summed E-state index contributed by atoms with van der Waals surface area (Å²) in [6.45, 7) is 2.82. The first kappa shape index (κ1) is 35.9. The molecule has 0 heterocycles. The quantitative estimate of drug-likeness (QED) is 0.0679. The van der Waals surface area contributed by atoms with Crippen molar-refractivity contribution in [2.75, 3.05) is 19.7 Å². The van der Waals surface area contributed by atoms with Gasteiger partial charge < -0.3 is 18.9 Å². The van der Waals surface area contributed by atoms with Crippen molar-refractivity contribution in [2.45, 2.75) is 75.3 Å². The molecule has 0 aliphatic carbocycles. The van der Waals surface area contributed by atoms with E-state index in [9.17, 15) is 66.5 Å². The molecule has 0 aromatic carbocycles. The molecule has 0 saturated heterocycles. The van der Waals surface area contributed by atoms with Crippen molar-refractivity contribution in [3.8, 4) is 0 Å². The molecule has 0 aromatic rings. The molecular formula is C19H24F10NO7S-. The lowest BCUT2D eigenvalue weighted by atomic mass is 10.1. The molecular weight excluding hydrogens is 576 g/mol. The largest absolute Gasteiger partial charge is 0.743 e. The van der Waals surface area contributed by atoms with Crippen molar-refractivity contribution >= 4 is 22.0 Å². The molecule has 0 aromatic heterocycles. The van der Waals surface area contributed by atoms with E-state index in [0.29, 0.717) is 4.90 Å². The molecule has 0 spiro atoms. The van der Waals surface area contributed by atoms with Crippen LogP contribution in [0.3, 0.4) is 0 Å². The number of amides is 1. The number of carbonyl (C=O) groups is 2. The van der Waals surface area contributed by atoms with E-state index in [-0.39, 0.29) is 12.8 Å². The van der Waals surface area contributed by atoms with Gasteiger partial charge in [-0.1, -0.05) is 20.4 Å². The SMILES string of the molecule is C=C(C(=O)OC(OCCCCC(F)(F)C(F)(F)S(=O)(=O)[O-])(C(=O)N(CCC)CCC)C(F)(F)F)C(F)(F)F. The highest BCUT2D eigenvalue weighted by atomic mass is 32.2. The summed E-state index contributed by atoms with van der Waals surface area (Å²) in [6, 6.07) is 0. The van der Waals surface area contributed by atoms with Crippen LogP contribution in [0.5, 0.6) is 0 Å². The van der Waals surface area contributed by atoms with Crippen LogP contribution in [-0.2, 0) is 29.2 Å². The second kappa shape index (κ2) is 12.8. The molecule has 1 amide bonds. The summed E-state index contributed by atoms with van der Waals surface area (Å²) in [6.07, 6.45) is -15.9. The number of hydrogen-bond donors (Lipinski definition) is 0. The zero-order valence-electron chi connectivity index (χ0n) is 19.9. The number of halogens is 10. The number of rotatable bonds is 15. The first-order chi connectivity index (χ1) is 16.9. The fourth-order valence-electron chi connectivity index (χ4n) is 2.76. The predicted molar refractivity (Wildman–Crippen MR) is 107 cm³/mol. The first-order valence-corrected chi connectivity index (χ1v) is 12.0. The van der Waals surface area contributed by atoms with E-state index in [1.807, 2.05) is 0 Å². The number of ether oxygens (including phenoxy) is 2. The maximum Gasteiger partial charge on any atom is 0.466 e. The molecule has 38 heavy (non-hydrogen) atoms. The molecule has 0 aliphatic rings. The number of alkyl halides is 10. The van der Waals surface area contributed by atoms with Crippen LogP contribution in [0.2, 0.25) is 0 Å². The summed E-state index contributed by atoms with van der Waals surface area (Å²) < 4.78 is 174. The average molecular weight is 600 g/mol. The van der Waals surface area contributed by atoms with Crippen LogP contribution < -0.4 is 0 Å². The van der Waals surface area contributed by atoms with Gasteiger partial charge in [-0.15, -0.1) is 0 Å². The molecule has 0 saturated carbocycles. The summed E-state index contributed by atoms with van der Waals surface area (Å²) in [4.78, 5) is 25.2. The van der Waals surface area contributed by atoms with Crippen LogP contribution in [0, 0.1) is 0 Å². The molecule has 0 aliphatic heterocycles. The first-order valence-electron chi connectivity index (χ1n) is 10.6. The van der Waals surface area contributed by atoms with E-state index < -0.39 is 95.8 Å². The highest BCUT2D eigenvalue weighted by Gasteiger charge is 2.68. The van der Waals surface area contributed by atoms with E-state index in [2.05, 4.69) is 16.1 Å². The molecule has 0 radical (unpaired) electrons. The summed E-state index contributed by atoms with van der Waals surface area (Å²) in [5.74, 6) is -15.1. The van der Waals surface area contributed by atoms with Crippen LogP contribution in [-0.4, -0.2) is 78.8 Å². The van der Waals surface area contributed by atoms with Crippen LogP contribution in [0.15, 0.2) is 12.2 Å². The Morgan fingerprint density at radius 3 is 1.74 bits per heavy atom. The Morgan fingerprint density at radius 2 is 1.37 bits per heavy atom. The molecule has 0 fully saturated rings. The minimum absolute atomic E-state index is 0.0365. The summed E-state index contributed by atoms with van der Waals surface area (Å²) in [5, 5.41) is -6.07. The Kier molecular flexibility index (Phi) is 12.1. The number of unbranched alkanes of at least 4 members (excludes halogenated alkanes) is 1. The molecule has 19 heteroatoms. The molecule has 0 N–H and O–H groups in total. The van der Waals surface area contributed by atoms with Crippen LogP contribution >= 0.6 is 0 Å². The van der Waals surface area contributed by atoms with E-state index >= 15 is 0 Å². The van der Waals surface area contributed by atoms with E-state index in [1.165, 1.54) is 13.8 Å². The van der Waals surface area contributed by atoms with Gasteiger partial charge in [0.1, 0.15) is 5.57 Å². The summed E-state index contributed by atoms with van der Waals surface area (Å²) in [5.41, 5.74) is -2.44. The fourth-order valence-corrected chi connectivity index (χ4v) is 3.23. The van der Waals surface area contributed by atoms with Gasteiger partial charge in [0, 0.05) is 19.5 Å². The van der Waals surface area contributed by atoms with Crippen molar-refractivity contribution in [3.63, 3.8) is 0 Å². The highest BCUT2D eigenvalue weighted by molar-refractivity contribution is 7.86. The topological polar surface area (TPSA) is 113 Å². The standard InChI is InChI=1S/C19H25F10NO7S/c1-4-9-30(10-5-2)14(32)16(18(25,26)27,37-13(31)12(3)17(22,23)24)36-11-7-6-8-15(20,21)19(28,29)38(33,34)35/h3-11H2,1-2H3,(H,33,34,35)/p-1. The van der Waals surface area contributed by atoms with Gasteiger partial charge in [-0.05, 0) is 25.7 Å². The maximum absolute atomic E-state index is 14.1. The third kappa shape index (κ3) is 8.42. The van der Waals surface area contributed by atoms with Gasteiger partial charge in [0.15, 0.2) is 10.1 Å². The second-order valence-electron chi connectivity index (χ2n) is 7.75. The molecule has 0 bridgehead atoms. The molecule has 1 atom stereocenters. The Bertz CT molecular complexity index is 945. The smallest absolute Gasteiger partial charge is 0.466 e. The third-order valence-corrected chi connectivity index (χ3v) is 5.61. The summed E-state index contributed by atoms with van der Waals surface area (Å²) in [7, 11) is -6.83. The Morgan fingerprint density at radius 1 is 0.895 bits per heavy atom. The zero-order chi connectivity index (χ0) is 30.4. The molecule has 1 unspecified atom stereocenters. The van der Waals surface area contributed by atoms with Crippen molar-refractivity contribution in [3.05, 3.63) is 12.2 Å². The average Bonchev–Trinajstić information content (AvgIpc) is 2.74. The van der Waals surface area contributed by atoms with Crippen LogP contribution in [0.4, 0.5) is 43.9 Å². The fraction of sp³-hybridized carbons (Fsp3) is 0.789. The van der Waals surface area contributed by atoms with E-state index in [1.54, 1.807) is 0 Å². The van der Waals surface area contributed by atoms with Gasteiger partial charge in [0.2, 0.25) is 0 Å². The molecule has 8 nitrogen and oxygen atoms in total. The third-order valence-electron chi connectivity index (χ3n) is 4.68. The second-order valence-corrected chi connectivity index (χ2v) is 9.17. The van der Waals surface area contributed by atoms with Crippen LogP contribution in [0.1, 0.15) is 46.0 Å². The number of hydrogen-bond acceptors (Lipinski definition) is 7. The lowest BCUT2D eigenvalue weighted by molar-refractivity contribution is -0.351. The minimum Gasteiger partial charge on any atom is -0.743 e. The minimum atomic E-state index is -6.83.